The SMILES string of the molecule is Cc1cccc(Cl)c1NC(C)c1ccc(C(=O)O)o1. The molecule has 1 heterocycles. The average Bonchev–Trinajstić information content (AvgIpc) is 2.83. The van der Waals surface area contributed by atoms with Crippen LogP contribution in [0.2, 0.25) is 5.02 Å². The van der Waals surface area contributed by atoms with E-state index in [1.807, 2.05) is 26.0 Å². The van der Waals surface area contributed by atoms with Gasteiger partial charge in [0.05, 0.1) is 16.8 Å². The molecule has 0 spiro atoms. The summed E-state index contributed by atoms with van der Waals surface area (Å²) in [5, 5.41) is 12.7. The second-order valence-electron chi connectivity index (χ2n) is 4.30. The van der Waals surface area contributed by atoms with Gasteiger partial charge in [-0.15, -0.1) is 0 Å². The zero-order valence-corrected chi connectivity index (χ0v) is 11.4. The largest absolute Gasteiger partial charge is 0.475 e. The maximum absolute atomic E-state index is 10.8. The monoisotopic (exact) mass is 279 g/mol. The number of carboxylic acid groups (broad SMARTS) is 1. The summed E-state index contributed by atoms with van der Waals surface area (Å²) in [6.45, 7) is 3.83. The molecule has 0 amide bonds. The van der Waals surface area contributed by atoms with Crippen molar-refractivity contribution in [3.63, 3.8) is 0 Å². The van der Waals surface area contributed by atoms with Crippen LogP contribution in [0.1, 0.15) is 34.8 Å². The predicted molar refractivity (Wildman–Crippen MR) is 73.9 cm³/mol. The van der Waals surface area contributed by atoms with Crippen LogP contribution in [-0.2, 0) is 0 Å². The molecule has 0 bridgehead atoms. The number of benzene rings is 1. The lowest BCUT2D eigenvalue weighted by atomic mass is 10.1. The minimum atomic E-state index is -1.08. The first-order chi connectivity index (χ1) is 8.99. The van der Waals surface area contributed by atoms with E-state index < -0.39 is 5.97 Å². The second kappa shape index (κ2) is 5.36. The summed E-state index contributed by atoms with van der Waals surface area (Å²) in [7, 11) is 0. The number of carboxylic acids is 1. The number of aromatic carboxylic acids is 1. The molecule has 19 heavy (non-hydrogen) atoms. The zero-order valence-electron chi connectivity index (χ0n) is 10.6. The minimum absolute atomic E-state index is 0.0699. The Kier molecular flexibility index (Phi) is 3.81. The molecule has 0 radical (unpaired) electrons. The van der Waals surface area contributed by atoms with Crippen molar-refractivity contribution in [2.24, 2.45) is 0 Å². The normalized spacial score (nSPS) is 12.2. The highest BCUT2D eigenvalue weighted by Crippen LogP contribution is 2.29. The number of aryl methyl sites for hydroxylation is 1. The van der Waals surface area contributed by atoms with Gasteiger partial charge in [0, 0.05) is 0 Å². The lowest BCUT2D eigenvalue weighted by Gasteiger charge is -2.16. The Morgan fingerprint density at radius 3 is 2.68 bits per heavy atom. The van der Waals surface area contributed by atoms with Gasteiger partial charge in [0.25, 0.3) is 0 Å². The molecule has 5 heteroatoms. The highest BCUT2D eigenvalue weighted by molar-refractivity contribution is 6.33. The van der Waals surface area contributed by atoms with E-state index in [1.54, 1.807) is 12.1 Å². The quantitative estimate of drug-likeness (QED) is 0.884. The number of hydrogen-bond acceptors (Lipinski definition) is 3. The molecular weight excluding hydrogens is 266 g/mol. The van der Waals surface area contributed by atoms with Gasteiger partial charge < -0.3 is 14.8 Å². The fourth-order valence-corrected chi connectivity index (χ4v) is 2.08. The Labute approximate surface area is 116 Å². The Morgan fingerprint density at radius 2 is 2.11 bits per heavy atom. The van der Waals surface area contributed by atoms with Crippen molar-refractivity contribution in [3.05, 3.63) is 52.4 Å². The molecule has 2 aromatic rings. The van der Waals surface area contributed by atoms with Gasteiger partial charge in [-0.3, -0.25) is 0 Å². The van der Waals surface area contributed by atoms with E-state index in [0.717, 1.165) is 11.3 Å². The number of furan rings is 1. The van der Waals surface area contributed by atoms with Crippen LogP contribution >= 0.6 is 11.6 Å². The van der Waals surface area contributed by atoms with Gasteiger partial charge in [-0.25, -0.2) is 4.79 Å². The summed E-state index contributed by atoms with van der Waals surface area (Å²) in [5.74, 6) is -0.594. The smallest absolute Gasteiger partial charge is 0.371 e. The predicted octanol–water partition coefficient (Wildman–Crippen LogP) is 4.11. The van der Waals surface area contributed by atoms with Crippen LogP contribution in [0.3, 0.4) is 0 Å². The number of carbonyl (C=O) groups is 1. The number of halogens is 1. The third kappa shape index (κ3) is 2.90. The van der Waals surface area contributed by atoms with E-state index in [4.69, 9.17) is 21.1 Å². The maximum atomic E-state index is 10.8. The van der Waals surface area contributed by atoms with E-state index >= 15 is 0 Å². The number of rotatable bonds is 4. The Hall–Kier alpha value is -1.94. The van der Waals surface area contributed by atoms with Crippen LogP contribution in [0.15, 0.2) is 34.7 Å². The van der Waals surface area contributed by atoms with Crippen molar-refractivity contribution >= 4 is 23.3 Å². The van der Waals surface area contributed by atoms with Gasteiger partial charge in [-0.2, -0.15) is 0 Å². The van der Waals surface area contributed by atoms with Crippen molar-refractivity contribution in [3.8, 4) is 0 Å². The molecule has 4 nitrogen and oxygen atoms in total. The van der Waals surface area contributed by atoms with Crippen LogP contribution in [0.25, 0.3) is 0 Å². The van der Waals surface area contributed by atoms with Crippen LogP contribution in [0.4, 0.5) is 5.69 Å². The lowest BCUT2D eigenvalue weighted by molar-refractivity contribution is 0.0660. The Bertz CT molecular complexity index is 586. The first kappa shape index (κ1) is 13.5. The average molecular weight is 280 g/mol. The zero-order chi connectivity index (χ0) is 14.0. The third-order valence-corrected chi connectivity index (χ3v) is 3.16. The molecular formula is C14H14ClNO3. The number of anilines is 1. The molecule has 0 saturated carbocycles. The van der Waals surface area contributed by atoms with Crippen molar-refractivity contribution in [2.45, 2.75) is 19.9 Å². The molecule has 1 unspecified atom stereocenters. The standard InChI is InChI=1S/C14H14ClNO3/c1-8-4-3-5-10(15)13(8)16-9(2)11-6-7-12(19-11)14(17)18/h3-7,9,16H,1-2H3,(H,17,18). The van der Waals surface area contributed by atoms with E-state index in [9.17, 15) is 4.79 Å². The lowest BCUT2D eigenvalue weighted by Crippen LogP contribution is -2.07. The van der Waals surface area contributed by atoms with E-state index in [-0.39, 0.29) is 11.8 Å². The van der Waals surface area contributed by atoms with Gasteiger partial charge >= 0.3 is 5.97 Å². The molecule has 2 rings (SSSR count). The number of hydrogen-bond donors (Lipinski definition) is 2. The van der Waals surface area contributed by atoms with Gasteiger partial charge in [-0.1, -0.05) is 23.7 Å². The molecule has 0 fully saturated rings. The van der Waals surface area contributed by atoms with Crippen LogP contribution in [-0.4, -0.2) is 11.1 Å². The van der Waals surface area contributed by atoms with Gasteiger partial charge in [-0.05, 0) is 37.6 Å². The second-order valence-corrected chi connectivity index (χ2v) is 4.71. The van der Waals surface area contributed by atoms with Crippen molar-refractivity contribution in [1.29, 1.82) is 0 Å². The van der Waals surface area contributed by atoms with E-state index in [0.29, 0.717) is 10.8 Å². The molecule has 0 aliphatic heterocycles. The topological polar surface area (TPSA) is 62.5 Å². The molecule has 0 aliphatic carbocycles. The van der Waals surface area contributed by atoms with Crippen molar-refractivity contribution in [2.75, 3.05) is 5.32 Å². The summed E-state index contributed by atoms with van der Waals surface area (Å²) >= 11 is 6.13. The fourth-order valence-electron chi connectivity index (χ4n) is 1.80. The van der Waals surface area contributed by atoms with Gasteiger partial charge in [0.15, 0.2) is 0 Å². The Balaban J connectivity index is 2.20. The highest BCUT2D eigenvalue weighted by atomic mass is 35.5. The van der Waals surface area contributed by atoms with Crippen LogP contribution in [0, 0.1) is 6.92 Å². The molecule has 1 aromatic carbocycles. The first-order valence-corrected chi connectivity index (χ1v) is 6.21. The van der Waals surface area contributed by atoms with Gasteiger partial charge in [0.1, 0.15) is 5.76 Å². The molecule has 2 N–H and O–H groups in total. The molecule has 100 valence electrons. The van der Waals surface area contributed by atoms with Crippen molar-refractivity contribution < 1.29 is 14.3 Å². The summed E-state index contributed by atoms with van der Waals surface area (Å²) < 4.78 is 5.25. The summed E-state index contributed by atoms with van der Waals surface area (Å²) in [4.78, 5) is 10.8. The van der Waals surface area contributed by atoms with Crippen LogP contribution < -0.4 is 5.32 Å². The van der Waals surface area contributed by atoms with Crippen LogP contribution in [0.5, 0.6) is 0 Å². The summed E-state index contributed by atoms with van der Waals surface area (Å²) in [6.07, 6.45) is 0. The fraction of sp³-hybridized carbons (Fsp3) is 0.214. The molecule has 0 saturated heterocycles. The third-order valence-electron chi connectivity index (χ3n) is 2.85. The maximum Gasteiger partial charge on any atom is 0.371 e. The molecule has 0 aliphatic rings. The molecule has 1 aromatic heterocycles. The molecule has 1 atom stereocenters. The number of para-hydroxylation sites is 1. The first-order valence-electron chi connectivity index (χ1n) is 5.83. The van der Waals surface area contributed by atoms with E-state index in [2.05, 4.69) is 5.32 Å². The summed E-state index contributed by atoms with van der Waals surface area (Å²) in [6, 6.07) is 8.54. The Morgan fingerprint density at radius 1 is 1.37 bits per heavy atom. The summed E-state index contributed by atoms with van der Waals surface area (Å²) in [5.41, 5.74) is 1.84. The van der Waals surface area contributed by atoms with Crippen molar-refractivity contribution in [1.82, 2.24) is 0 Å². The van der Waals surface area contributed by atoms with E-state index in [1.165, 1.54) is 6.07 Å². The highest BCUT2D eigenvalue weighted by Gasteiger charge is 2.15. The minimum Gasteiger partial charge on any atom is -0.475 e. The van der Waals surface area contributed by atoms with Gasteiger partial charge in [0.2, 0.25) is 5.76 Å². The number of nitrogens with one attached hydrogen (secondary N) is 1.